The van der Waals surface area contributed by atoms with Crippen LogP contribution in [0.5, 0.6) is 5.75 Å². The second-order valence-corrected chi connectivity index (χ2v) is 4.21. The smallest absolute Gasteiger partial charge is 0.573 e. The van der Waals surface area contributed by atoms with Gasteiger partial charge in [0.1, 0.15) is 12.3 Å². The highest BCUT2D eigenvalue weighted by atomic mass is 35.5. The molecule has 0 bridgehead atoms. The van der Waals surface area contributed by atoms with Crippen LogP contribution >= 0.6 is 0 Å². The third-order valence-electron chi connectivity index (χ3n) is 2.89. The number of halogens is 4. The number of ketones is 1. The Bertz CT molecular complexity index is 451. The second kappa shape index (κ2) is 6.25. The summed E-state index contributed by atoms with van der Waals surface area (Å²) in [4.78, 5) is 11.7. The molecular weight excluding hydrogens is 283 g/mol. The minimum absolute atomic E-state index is 0. The summed E-state index contributed by atoms with van der Waals surface area (Å²) in [6.07, 6.45) is -4.06. The summed E-state index contributed by atoms with van der Waals surface area (Å²) in [5, 5.41) is 1.90. The highest BCUT2D eigenvalue weighted by Gasteiger charge is 2.32. The van der Waals surface area contributed by atoms with Crippen LogP contribution in [0.1, 0.15) is 17.9 Å². The quantitative estimate of drug-likeness (QED) is 0.700. The molecule has 106 valence electrons. The van der Waals surface area contributed by atoms with Crippen LogP contribution in [0.25, 0.3) is 0 Å². The van der Waals surface area contributed by atoms with Crippen molar-refractivity contribution in [1.29, 1.82) is 0 Å². The topological polar surface area (TPSA) is 42.9 Å². The van der Waals surface area contributed by atoms with Crippen LogP contribution in [-0.2, 0) is 4.79 Å². The van der Waals surface area contributed by atoms with Crippen LogP contribution in [0.15, 0.2) is 24.3 Å². The van der Waals surface area contributed by atoms with E-state index in [-0.39, 0.29) is 29.9 Å². The van der Waals surface area contributed by atoms with E-state index in [0.29, 0.717) is 18.5 Å². The van der Waals surface area contributed by atoms with Gasteiger partial charge in [0.15, 0.2) is 5.78 Å². The number of quaternary nitrogens is 1. The molecule has 2 N–H and O–H groups in total. The van der Waals surface area contributed by atoms with Gasteiger partial charge in [-0.1, -0.05) is 12.1 Å². The summed E-state index contributed by atoms with van der Waals surface area (Å²) in [5.41, 5.74) is 0.592. The van der Waals surface area contributed by atoms with Crippen molar-refractivity contribution in [3.63, 3.8) is 0 Å². The Morgan fingerprint density at radius 1 is 1.32 bits per heavy atom. The van der Waals surface area contributed by atoms with Gasteiger partial charge in [0.25, 0.3) is 0 Å². The van der Waals surface area contributed by atoms with Gasteiger partial charge < -0.3 is 22.5 Å². The number of hydrogen-bond donors (Lipinski definition) is 1. The normalized spacial score (nSPS) is 19.7. The minimum Gasteiger partial charge on any atom is -1.00 e. The van der Waals surface area contributed by atoms with E-state index >= 15 is 0 Å². The number of alkyl halides is 3. The first-order valence-corrected chi connectivity index (χ1v) is 5.66. The molecule has 7 heteroatoms. The number of ether oxygens (including phenoxy) is 1. The third kappa shape index (κ3) is 4.40. The molecule has 1 heterocycles. The van der Waals surface area contributed by atoms with Gasteiger partial charge in [-0.15, -0.1) is 13.2 Å². The van der Waals surface area contributed by atoms with Crippen LogP contribution in [0.2, 0.25) is 0 Å². The Morgan fingerprint density at radius 2 is 2.05 bits per heavy atom. The second-order valence-electron chi connectivity index (χ2n) is 4.21. The van der Waals surface area contributed by atoms with E-state index in [2.05, 4.69) is 4.74 Å². The van der Waals surface area contributed by atoms with Crippen molar-refractivity contribution in [2.75, 3.05) is 13.1 Å². The molecule has 1 saturated heterocycles. The lowest BCUT2D eigenvalue weighted by Gasteiger charge is -2.20. The van der Waals surface area contributed by atoms with Crippen molar-refractivity contribution >= 4 is 5.78 Å². The molecule has 1 aliphatic rings. The zero-order valence-electron chi connectivity index (χ0n) is 9.91. The van der Waals surface area contributed by atoms with Gasteiger partial charge in [-0.2, -0.15) is 0 Å². The molecule has 1 aromatic carbocycles. The molecule has 1 unspecified atom stereocenters. The molecule has 0 aromatic heterocycles. The van der Waals surface area contributed by atoms with Gasteiger partial charge in [0.2, 0.25) is 0 Å². The summed E-state index contributed by atoms with van der Waals surface area (Å²) in [6, 6.07) is 5.66. The largest absolute Gasteiger partial charge is 1.00 e. The summed E-state index contributed by atoms with van der Waals surface area (Å²) in [5.74, 6) is -0.542. The van der Waals surface area contributed by atoms with Crippen LogP contribution < -0.4 is 22.5 Å². The predicted molar refractivity (Wildman–Crippen MR) is 57.1 cm³/mol. The third-order valence-corrected chi connectivity index (χ3v) is 2.89. The maximum atomic E-state index is 12.1. The fraction of sp³-hybridized carbons (Fsp3) is 0.417. The number of carbonyl (C=O) groups excluding carboxylic acids is 1. The van der Waals surface area contributed by atoms with E-state index < -0.39 is 6.36 Å². The van der Waals surface area contributed by atoms with Crippen molar-refractivity contribution in [3.05, 3.63) is 29.8 Å². The Balaban J connectivity index is 0.00000180. The maximum Gasteiger partial charge on any atom is 0.573 e. The van der Waals surface area contributed by atoms with E-state index in [1.165, 1.54) is 18.2 Å². The Kier molecular flexibility index (Phi) is 5.20. The van der Waals surface area contributed by atoms with Crippen molar-refractivity contribution in [3.8, 4) is 5.75 Å². The predicted octanol–water partition coefficient (Wildman–Crippen LogP) is -1.79. The van der Waals surface area contributed by atoms with Crippen molar-refractivity contribution in [2.24, 2.45) is 0 Å². The standard InChI is InChI=1S/C12H12F3NO2.ClH/c13-12(14,15)18-9-3-1-2-8(6-9)10-4-5-16-7-11(10)17;/h1-3,6,10,16H,4-5,7H2;1H. The van der Waals surface area contributed by atoms with Crippen LogP contribution in [0.3, 0.4) is 0 Å². The van der Waals surface area contributed by atoms with Gasteiger partial charge >= 0.3 is 6.36 Å². The fourth-order valence-corrected chi connectivity index (χ4v) is 2.11. The first-order chi connectivity index (χ1) is 8.46. The molecule has 0 radical (unpaired) electrons. The number of rotatable bonds is 2. The van der Waals surface area contributed by atoms with Crippen LogP contribution in [-0.4, -0.2) is 25.2 Å². The number of nitrogens with two attached hydrogens (primary N) is 1. The van der Waals surface area contributed by atoms with Gasteiger partial charge in [-0.3, -0.25) is 4.79 Å². The van der Waals surface area contributed by atoms with Gasteiger partial charge in [0, 0.05) is 6.42 Å². The van der Waals surface area contributed by atoms with E-state index in [0.717, 1.165) is 6.54 Å². The Hall–Kier alpha value is -1.27. The van der Waals surface area contributed by atoms with Crippen molar-refractivity contribution in [1.82, 2.24) is 0 Å². The molecule has 0 amide bonds. The van der Waals surface area contributed by atoms with E-state index in [1.54, 1.807) is 6.07 Å². The first-order valence-electron chi connectivity index (χ1n) is 5.66. The lowest BCUT2D eigenvalue weighted by Crippen LogP contribution is -3.00. The molecule has 2 rings (SSSR count). The lowest BCUT2D eigenvalue weighted by atomic mass is 9.89. The van der Waals surface area contributed by atoms with Gasteiger partial charge in [0.05, 0.1) is 12.5 Å². The number of Topliss-reactive ketones (excluding diaryl/α,β-unsaturated/α-hetero) is 1. The summed E-state index contributed by atoms with van der Waals surface area (Å²) in [7, 11) is 0. The Morgan fingerprint density at radius 3 is 2.68 bits per heavy atom. The molecule has 1 fully saturated rings. The van der Waals surface area contributed by atoms with Gasteiger partial charge in [-0.25, -0.2) is 0 Å². The number of carbonyl (C=O) groups is 1. The van der Waals surface area contributed by atoms with Crippen LogP contribution in [0, 0.1) is 0 Å². The number of hydrogen-bond acceptors (Lipinski definition) is 2. The summed E-state index contributed by atoms with van der Waals surface area (Å²) in [6.45, 7) is 1.19. The SMILES string of the molecule is O=C1C[NH2+]CCC1c1cccc(OC(F)(F)F)c1.[Cl-]. The lowest BCUT2D eigenvalue weighted by molar-refractivity contribution is -0.648. The van der Waals surface area contributed by atoms with Crippen molar-refractivity contribution < 1.29 is 40.4 Å². The fourth-order valence-electron chi connectivity index (χ4n) is 2.11. The average Bonchev–Trinajstić information content (AvgIpc) is 2.27. The molecule has 1 atom stereocenters. The maximum absolute atomic E-state index is 12.1. The summed E-state index contributed by atoms with van der Waals surface area (Å²) < 4.78 is 40.1. The molecule has 3 nitrogen and oxygen atoms in total. The molecule has 0 spiro atoms. The number of piperidine rings is 1. The molecule has 0 saturated carbocycles. The molecular formula is C12H13ClF3NO2. The number of benzene rings is 1. The molecule has 0 aliphatic carbocycles. The zero-order chi connectivity index (χ0) is 13.2. The van der Waals surface area contributed by atoms with E-state index in [4.69, 9.17) is 0 Å². The van der Waals surface area contributed by atoms with Gasteiger partial charge in [-0.05, 0) is 17.7 Å². The Labute approximate surface area is 114 Å². The first kappa shape index (κ1) is 15.8. The summed E-state index contributed by atoms with van der Waals surface area (Å²) >= 11 is 0. The molecule has 1 aromatic rings. The molecule has 19 heavy (non-hydrogen) atoms. The van der Waals surface area contributed by atoms with Crippen molar-refractivity contribution in [2.45, 2.75) is 18.7 Å². The zero-order valence-corrected chi connectivity index (χ0v) is 10.7. The highest BCUT2D eigenvalue weighted by molar-refractivity contribution is 5.87. The van der Waals surface area contributed by atoms with Crippen LogP contribution in [0.4, 0.5) is 13.2 Å². The highest BCUT2D eigenvalue weighted by Crippen LogP contribution is 2.28. The minimum atomic E-state index is -4.71. The molecule has 1 aliphatic heterocycles. The average molecular weight is 296 g/mol. The van der Waals surface area contributed by atoms with E-state index in [9.17, 15) is 18.0 Å². The monoisotopic (exact) mass is 295 g/mol. The van der Waals surface area contributed by atoms with E-state index in [1.807, 2.05) is 5.32 Å².